The SMILES string of the molecule is COC(=O)c1cc(Cl)c2nc(CCl)n(CC3(CC#N)CC3)c2c1. The number of rotatable bonds is 5. The molecule has 1 aromatic carbocycles. The Morgan fingerprint density at radius 2 is 2.26 bits per heavy atom. The first-order valence-corrected chi connectivity index (χ1v) is 8.15. The maximum Gasteiger partial charge on any atom is 0.337 e. The number of alkyl halides is 1. The van der Waals surface area contributed by atoms with E-state index in [1.807, 2.05) is 4.57 Å². The number of halogens is 2. The molecule has 2 aromatic rings. The van der Waals surface area contributed by atoms with Gasteiger partial charge in [-0.1, -0.05) is 11.6 Å². The molecule has 0 aliphatic heterocycles. The highest BCUT2D eigenvalue weighted by Gasteiger charge is 2.43. The fourth-order valence-electron chi connectivity index (χ4n) is 2.81. The lowest BCUT2D eigenvalue weighted by atomic mass is 10.0. The molecule has 1 fully saturated rings. The van der Waals surface area contributed by atoms with Gasteiger partial charge in [-0.05, 0) is 25.0 Å². The van der Waals surface area contributed by atoms with Crippen molar-refractivity contribution in [3.8, 4) is 6.07 Å². The van der Waals surface area contributed by atoms with Gasteiger partial charge in [-0.15, -0.1) is 11.6 Å². The number of methoxy groups -OCH3 is 1. The van der Waals surface area contributed by atoms with Crippen LogP contribution in [0.3, 0.4) is 0 Å². The van der Waals surface area contributed by atoms with Gasteiger partial charge in [0.2, 0.25) is 0 Å². The van der Waals surface area contributed by atoms with Crippen molar-refractivity contribution >= 4 is 40.2 Å². The molecule has 1 aromatic heterocycles. The Hall–Kier alpha value is -1.77. The van der Waals surface area contributed by atoms with Gasteiger partial charge in [-0.2, -0.15) is 5.26 Å². The number of aromatic nitrogens is 2. The lowest BCUT2D eigenvalue weighted by Gasteiger charge is -2.15. The molecule has 0 bridgehead atoms. The summed E-state index contributed by atoms with van der Waals surface area (Å²) in [7, 11) is 1.33. The molecule has 0 radical (unpaired) electrons. The van der Waals surface area contributed by atoms with E-state index in [0.29, 0.717) is 34.9 Å². The molecular formula is C16H15Cl2N3O2. The van der Waals surface area contributed by atoms with Crippen molar-refractivity contribution < 1.29 is 9.53 Å². The Kier molecular flexibility index (Phi) is 4.22. The number of hydrogen-bond acceptors (Lipinski definition) is 4. The summed E-state index contributed by atoms with van der Waals surface area (Å²) >= 11 is 12.3. The lowest BCUT2D eigenvalue weighted by molar-refractivity contribution is 0.0601. The molecule has 7 heteroatoms. The summed E-state index contributed by atoms with van der Waals surface area (Å²) in [6.45, 7) is 0.653. The first kappa shape index (κ1) is 16.1. The topological polar surface area (TPSA) is 67.9 Å². The molecule has 0 atom stereocenters. The average molecular weight is 352 g/mol. The summed E-state index contributed by atoms with van der Waals surface area (Å²) < 4.78 is 6.75. The Bertz CT molecular complexity index is 819. The molecule has 1 aliphatic rings. The van der Waals surface area contributed by atoms with E-state index in [4.69, 9.17) is 33.2 Å². The first-order chi connectivity index (χ1) is 11.0. The van der Waals surface area contributed by atoms with Crippen molar-refractivity contribution in [3.63, 3.8) is 0 Å². The van der Waals surface area contributed by atoms with Crippen LogP contribution < -0.4 is 0 Å². The number of carbonyl (C=O) groups is 1. The second-order valence-corrected chi connectivity index (χ2v) is 6.57. The summed E-state index contributed by atoms with van der Waals surface area (Å²) in [6.07, 6.45) is 2.51. The van der Waals surface area contributed by atoms with Crippen molar-refractivity contribution in [1.82, 2.24) is 9.55 Å². The van der Waals surface area contributed by atoms with Gasteiger partial charge in [-0.3, -0.25) is 0 Å². The highest BCUT2D eigenvalue weighted by Crippen LogP contribution is 2.50. The zero-order valence-electron chi connectivity index (χ0n) is 12.6. The molecule has 1 heterocycles. The van der Waals surface area contributed by atoms with Gasteiger partial charge in [0.15, 0.2) is 0 Å². The van der Waals surface area contributed by atoms with E-state index < -0.39 is 5.97 Å². The first-order valence-electron chi connectivity index (χ1n) is 7.23. The number of esters is 1. The van der Waals surface area contributed by atoms with Crippen LogP contribution in [0.1, 0.15) is 35.4 Å². The van der Waals surface area contributed by atoms with Gasteiger partial charge in [0.05, 0.1) is 35.2 Å². The molecule has 0 unspecified atom stereocenters. The Morgan fingerprint density at radius 3 is 2.83 bits per heavy atom. The predicted molar refractivity (Wildman–Crippen MR) is 87.5 cm³/mol. The number of hydrogen-bond donors (Lipinski definition) is 0. The minimum atomic E-state index is -0.452. The van der Waals surface area contributed by atoms with Crippen LogP contribution in [0, 0.1) is 16.7 Å². The van der Waals surface area contributed by atoms with Crippen LogP contribution in [0.4, 0.5) is 0 Å². The van der Waals surface area contributed by atoms with Crippen molar-refractivity contribution in [1.29, 1.82) is 5.26 Å². The van der Waals surface area contributed by atoms with Crippen LogP contribution in [0.15, 0.2) is 12.1 Å². The fraction of sp³-hybridized carbons (Fsp3) is 0.438. The normalized spacial score (nSPS) is 15.4. The van der Waals surface area contributed by atoms with Crippen molar-refractivity contribution in [3.05, 3.63) is 28.5 Å². The van der Waals surface area contributed by atoms with E-state index in [2.05, 4.69) is 11.1 Å². The van der Waals surface area contributed by atoms with Crippen LogP contribution in [0.25, 0.3) is 11.0 Å². The summed E-state index contributed by atoms with van der Waals surface area (Å²) in [4.78, 5) is 16.3. The zero-order chi connectivity index (χ0) is 16.6. The molecule has 1 saturated carbocycles. The van der Waals surface area contributed by atoms with Gasteiger partial charge in [0, 0.05) is 18.4 Å². The highest BCUT2D eigenvalue weighted by atomic mass is 35.5. The fourth-order valence-corrected chi connectivity index (χ4v) is 3.27. The standard InChI is InChI=1S/C16H15Cl2N3O2/c1-23-15(22)10-6-11(18)14-12(7-10)21(13(8-17)20-14)9-16(2-3-16)4-5-19/h6-7H,2-4,8-9H2,1H3. The van der Waals surface area contributed by atoms with E-state index >= 15 is 0 Å². The number of benzene rings is 1. The summed E-state index contributed by atoms with van der Waals surface area (Å²) in [5.74, 6) is 0.475. The number of nitriles is 1. The quantitative estimate of drug-likeness (QED) is 0.604. The van der Waals surface area contributed by atoms with Gasteiger partial charge in [0.25, 0.3) is 0 Å². The number of carbonyl (C=O) groups excluding carboxylic acids is 1. The number of fused-ring (bicyclic) bond motifs is 1. The Morgan fingerprint density at radius 1 is 1.52 bits per heavy atom. The molecule has 1 aliphatic carbocycles. The Labute approximate surface area is 143 Å². The van der Waals surface area contributed by atoms with E-state index in [1.54, 1.807) is 12.1 Å². The van der Waals surface area contributed by atoms with Crippen LogP contribution in [0.2, 0.25) is 5.02 Å². The molecule has 120 valence electrons. The zero-order valence-corrected chi connectivity index (χ0v) is 14.1. The molecular weight excluding hydrogens is 337 g/mol. The van der Waals surface area contributed by atoms with Crippen LogP contribution in [0.5, 0.6) is 0 Å². The second kappa shape index (κ2) is 6.03. The van der Waals surface area contributed by atoms with E-state index in [1.165, 1.54) is 7.11 Å². The molecule has 23 heavy (non-hydrogen) atoms. The van der Waals surface area contributed by atoms with Crippen LogP contribution in [-0.4, -0.2) is 22.6 Å². The Balaban J connectivity index is 2.13. The third-order valence-electron chi connectivity index (χ3n) is 4.33. The molecule has 5 nitrogen and oxygen atoms in total. The lowest BCUT2D eigenvalue weighted by Crippen LogP contribution is -2.13. The maximum absolute atomic E-state index is 11.8. The third kappa shape index (κ3) is 2.89. The van der Waals surface area contributed by atoms with Crippen LogP contribution in [-0.2, 0) is 17.2 Å². The number of ether oxygens (including phenoxy) is 1. The molecule has 0 saturated heterocycles. The van der Waals surface area contributed by atoms with Gasteiger partial charge in [-0.25, -0.2) is 9.78 Å². The third-order valence-corrected chi connectivity index (χ3v) is 4.86. The monoisotopic (exact) mass is 351 g/mol. The molecule has 0 N–H and O–H groups in total. The van der Waals surface area contributed by atoms with Crippen LogP contribution >= 0.6 is 23.2 Å². The maximum atomic E-state index is 11.8. The summed E-state index contributed by atoms with van der Waals surface area (Å²) in [6, 6.07) is 5.52. The smallest absolute Gasteiger partial charge is 0.337 e. The molecule has 0 spiro atoms. The van der Waals surface area contributed by atoms with Crippen molar-refractivity contribution in [2.75, 3.05) is 7.11 Å². The number of nitrogens with zero attached hydrogens (tertiary/aromatic N) is 3. The number of imidazole rings is 1. The average Bonchev–Trinajstić information content (AvgIpc) is 3.21. The molecule has 0 amide bonds. The van der Waals surface area contributed by atoms with E-state index in [9.17, 15) is 4.79 Å². The molecule has 3 rings (SSSR count). The second-order valence-electron chi connectivity index (χ2n) is 5.90. The van der Waals surface area contributed by atoms with Gasteiger partial charge >= 0.3 is 5.97 Å². The van der Waals surface area contributed by atoms with Crippen molar-refractivity contribution in [2.24, 2.45) is 5.41 Å². The van der Waals surface area contributed by atoms with Crippen molar-refractivity contribution in [2.45, 2.75) is 31.7 Å². The predicted octanol–water partition coefficient (Wildman–Crippen LogP) is 3.91. The largest absolute Gasteiger partial charge is 0.465 e. The summed E-state index contributed by atoms with van der Waals surface area (Å²) in [5, 5.41) is 9.41. The van der Waals surface area contributed by atoms with E-state index in [-0.39, 0.29) is 11.3 Å². The van der Waals surface area contributed by atoms with Gasteiger partial charge in [0.1, 0.15) is 11.3 Å². The minimum absolute atomic E-state index is 0.0169. The van der Waals surface area contributed by atoms with Gasteiger partial charge < -0.3 is 9.30 Å². The minimum Gasteiger partial charge on any atom is -0.465 e. The summed E-state index contributed by atoms with van der Waals surface area (Å²) in [5.41, 5.74) is 1.72. The van der Waals surface area contributed by atoms with E-state index in [0.717, 1.165) is 18.4 Å². The highest BCUT2D eigenvalue weighted by molar-refractivity contribution is 6.35.